The number of methoxy groups -OCH3 is 2. The normalized spacial score (nSPS) is 10.9. The van der Waals surface area contributed by atoms with E-state index in [0.717, 1.165) is 11.1 Å². The summed E-state index contributed by atoms with van der Waals surface area (Å²) in [6.45, 7) is 4.84. The van der Waals surface area contributed by atoms with Gasteiger partial charge in [-0.15, -0.1) is 0 Å². The predicted molar refractivity (Wildman–Crippen MR) is 134 cm³/mol. The summed E-state index contributed by atoms with van der Waals surface area (Å²) in [5.74, 6) is 1.85. The molecule has 0 aliphatic carbocycles. The lowest BCUT2D eigenvalue weighted by Crippen LogP contribution is -2.20. The number of hydrazone groups is 2. The lowest BCUT2D eigenvalue weighted by atomic mass is 10.2. The highest BCUT2D eigenvalue weighted by Gasteiger charge is 2.07. The van der Waals surface area contributed by atoms with Gasteiger partial charge in [-0.25, -0.2) is 10.9 Å². The zero-order valence-corrected chi connectivity index (χ0v) is 20.5. The topological polar surface area (TPSA) is 120 Å². The fourth-order valence-electron chi connectivity index (χ4n) is 2.96. The molecule has 0 heterocycles. The maximum atomic E-state index is 12.0. The van der Waals surface area contributed by atoms with Crippen molar-refractivity contribution in [1.82, 2.24) is 10.9 Å². The molecular formula is C25H32N4O6. The SMILES string of the molecule is CCOc1ccc(C=NNC(=O)CCCC(=O)NN=Cc2ccc(OCC)c(OC)c2)cc1OC. The van der Waals surface area contributed by atoms with E-state index in [2.05, 4.69) is 21.1 Å². The van der Waals surface area contributed by atoms with Crippen LogP contribution in [-0.2, 0) is 9.59 Å². The Morgan fingerprint density at radius 3 is 1.54 bits per heavy atom. The van der Waals surface area contributed by atoms with Gasteiger partial charge in [0.05, 0.1) is 39.9 Å². The molecule has 0 unspecified atom stereocenters. The van der Waals surface area contributed by atoms with Gasteiger partial charge in [0.25, 0.3) is 0 Å². The highest BCUT2D eigenvalue weighted by molar-refractivity contribution is 5.84. The molecule has 0 fully saturated rings. The summed E-state index contributed by atoms with van der Waals surface area (Å²) < 4.78 is 21.5. The second-order valence-corrected chi connectivity index (χ2v) is 7.13. The number of ether oxygens (including phenoxy) is 4. The number of carbonyl (C=O) groups is 2. The van der Waals surface area contributed by atoms with Crippen LogP contribution >= 0.6 is 0 Å². The molecule has 188 valence electrons. The van der Waals surface area contributed by atoms with Crippen molar-refractivity contribution in [1.29, 1.82) is 0 Å². The summed E-state index contributed by atoms with van der Waals surface area (Å²) >= 11 is 0. The van der Waals surface area contributed by atoms with Gasteiger partial charge >= 0.3 is 0 Å². The number of benzene rings is 2. The number of carbonyl (C=O) groups excluding carboxylic acids is 2. The maximum Gasteiger partial charge on any atom is 0.240 e. The molecule has 0 radical (unpaired) electrons. The van der Waals surface area contributed by atoms with Crippen LogP contribution in [0, 0.1) is 0 Å². The van der Waals surface area contributed by atoms with E-state index in [1.807, 2.05) is 13.8 Å². The Kier molecular flexibility index (Phi) is 11.6. The monoisotopic (exact) mass is 484 g/mol. The molecule has 10 heteroatoms. The van der Waals surface area contributed by atoms with E-state index in [9.17, 15) is 9.59 Å². The van der Waals surface area contributed by atoms with E-state index >= 15 is 0 Å². The van der Waals surface area contributed by atoms with Crippen molar-refractivity contribution < 1.29 is 28.5 Å². The minimum Gasteiger partial charge on any atom is -0.493 e. The average molecular weight is 485 g/mol. The minimum atomic E-state index is -0.295. The number of nitrogens with one attached hydrogen (secondary N) is 2. The van der Waals surface area contributed by atoms with Gasteiger partial charge < -0.3 is 18.9 Å². The van der Waals surface area contributed by atoms with Crippen molar-refractivity contribution in [3.8, 4) is 23.0 Å². The first kappa shape index (κ1) is 27.2. The molecule has 0 aromatic heterocycles. The quantitative estimate of drug-likeness (QED) is 0.314. The molecule has 2 aromatic carbocycles. The Bertz CT molecular complexity index is 957. The fraction of sp³-hybridized carbons (Fsp3) is 0.360. The van der Waals surface area contributed by atoms with Crippen molar-refractivity contribution in [3.63, 3.8) is 0 Å². The van der Waals surface area contributed by atoms with Crippen LogP contribution in [0.2, 0.25) is 0 Å². The van der Waals surface area contributed by atoms with Gasteiger partial charge in [0.15, 0.2) is 23.0 Å². The first-order valence-electron chi connectivity index (χ1n) is 11.3. The van der Waals surface area contributed by atoms with Crippen LogP contribution in [0.15, 0.2) is 46.6 Å². The molecule has 0 atom stereocenters. The maximum absolute atomic E-state index is 12.0. The third kappa shape index (κ3) is 9.36. The second kappa shape index (κ2) is 14.9. The second-order valence-electron chi connectivity index (χ2n) is 7.13. The van der Waals surface area contributed by atoms with Crippen LogP contribution in [0.1, 0.15) is 44.2 Å². The van der Waals surface area contributed by atoms with Crippen LogP contribution < -0.4 is 29.8 Å². The summed E-state index contributed by atoms with van der Waals surface area (Å²) in [6, 6.07) is 10.7. The molecule has 2 amide bonds. The van der Waals surface area contributed by atoms with Gasteiger partial charge in [-0.2, -0.15) is 10.2 Å². The molecule has 0 saturated carbocycles. The zero-order valence-electron chi connectivity index (χ0n) is 20.5. The summed E-state index contributed by atoms with van der Waals surface area (Å²) in [4.78, 5) is 23.9. The Labute approximate surface area is 205 Å². The molecule has 0 saturated heterocycles. The van der Waals surface area contributed by atoms with E-state index in [-0.39, 0.29) is 24.7 Å². The lowest BCUT2D eigenvalue weighted by molar-refractivity contribution is -0.122. The summed E-state index contributed by atoms with van der Waals surface area (Å²) in [7, 11) is 3.11. The molecule has 2 rings (SSSR count). The van der Waals surface area contributed by atoms with Crippen LogP contribution in [0.5, 0.6) is 23.0 Å². The first-order chi connectivity index (χ1) is 17.0. The van der Waals surface area contributed by atoms with Crippen molar-refractivity contribution in [2.75, 3.05) is 27.4 Å². The Hall–Kier alpha value is -4.08. The van der Waals surface area contributed by atoms with Gasteiger partial charge in [0.2, 0.25) is 11.8 Å². The molecule has 0 bridgehead atoms. The van der Waals surface area contributed by atoms with Gasteiger partial charge in [0.1, 0.15) is 0 Å². The third-order valence-electron chi connectivity index (χ3n) is 4.59. The van der Waals surface area contributed by atoms with Gasteiger partial charge in [-0.1, -0.05) is 0 Å². The highest BCUT2D eigenvalue weighted by atomic mass is 16.5. The molecule has 35 heavy (non-hydrogen) atoms. The van der Waals surface area contributed by atoms with Crippen molar-refractivity contribution in [2.24, 2.45) is 10.2 Å². The Morgan fingerprint density at radius 2 is 1.17 bits per heavy atom. The Balaban J connectivity index is 1.72. The van der Waals surface area contributed by atoms with Gasteiger partial charge in [-0.3, -0.25) is 9.59 Å². The molecule has 2 aromatic rings. The number of rotatable bonds is 14. The van der Waals surface area contributed by atoms with E-state index in [0.29, 0.717) is 42.6 Å². The van der Waals surface area contributed by atoms with E-state index in [4.69, 9.17) is 18.9 Å². The number of nitrogens with zero attached hydrogens (tertiary/aromatic N) is 2. The third-order valence-corrected chi connectivity index (χ3v) is 4.59. The summed E-state index contributed by atoms with van der Waals surface area (Å²) in [5, 5.41) is 7.88. The molecule has 10 nitrogen and oxygen atoms in total. The standard InChI is InChI=1S/C25H32N4O6/c1-5-34-20-12-10-18(14-22(20)32-3)16-26-28-24(30)8-7-9-25(31)29-27-17-19-11-13-21(35-6-2)23(15-19)33-4/h10-17H,5-9H2,1-4H3,(H,28,30)(H,29,31). The van der Waals surface area contributed by atoms with Crippen LogP contribution in [0.3, 0.4) is 0 Å². The number of hydrogen-bond acceptors (Lipinski definition) is 8. The molecular weight excluding hydrogens is 452 g/mol. The van der Waals surface area contributed by atoms with E-state index in [1.165, 1.54) is 12.4 Å². The van der Waals surface area contributed by atoms with Crippen molar-refractivity contribution in [2.45, 2.75) is 33.1 Å². The molecule has 2 N–H and O–H groups in total. The summed E-state index contributed by atoms with van der Waals surface area (Å²) in [6.07, 6.45) is 3.67. The van der Waals surface area contributed by atoms with Gasteiger partial charge in [0, 0.05) is 12.8 Å². The molecule has 0 aliphatic heterocycles. The van der Waals surface area contributed by atoms with Crippen LogP contribution in [0.25, 0.3) is 0 Å². The largest absolute Gasteiger partial charge is 0.493 e. The number of hydrogen-bond donors (Lipinski definition) is 2. The minimum absolute atomic E-state index is 0.150. The highest BCUT2D eigenvalue weighted by Crippen LogP contribution is 2.28. The van der Waals surface area contributed by atoms with E-state index < -0.39 is 0 Å². The van der Waals surface area contributed by atoms with Crippen molar-refractivity contribution in [3.05, 3.63) is 47.5 Å². The fourth-order valence-corrected chi connectivity index (χ4v) is 2.96. The molecule has 0 aliphatic rings. The van der Waals surface area contributed by atoms with Crippen LogP contribution in [0.4, 0.5) is 0 Å². The summed E-state index contributed by atoms with van der Waals surface area (Å²) in [5.41, 5.74) is 6.38. The first-order valence-corrected chi connectivity index (χ1v) is 11.3. The van der Waals surface area contributed by atoms with Gasteiger partial charge in [-0.05, 0) is 67.8 Å². The van der Waals surface area contributed by atoms with Crippen molar-refractivity contribution >= 4 is 24.2 Å². The van der Waals surface area contributed by atoms with Crippen LogP contribution in [-0.4, -0.2) is 51.7 Å². The molecule has 0 spiro atoms. The lowest BCUT2D eigenvalue weighted by Gasteiger charge is -2.09. The average Bonchev–Trinajstić information content (AvgIpc) is 2.86. The predicted octanol–water partition coefficient (Wildman–Crippen LogP) is 3.27. The number of amides is 2. The smallest absolute Gasteiger partial charge is 0.240 e. The van der Waals surface area contributed by atoms with E-state index in [1.54, 1.807) is 50.6 Å². The zero-order chi connectivity index (χ0) is 25.5. The Morgan fingerprint density at radius 1 is 0.743 bits per heavy atom.